The van der Waals surface area contributed by atoms with Crippen LogP contribution >= 0.6 is 0 Å². The molecule has 0 unspecified atom stereocenters. The van der Waals surface area contributed by atoms with Crippen molar-refractivity contribution >= 4 is 11.9 Å². The fraction of sp³-hybridized carbons (Fsp3) is 0.667. The molecule has 0 saturated carbocycles. The maximum atomic E-state index is 6.73. The lowest BCUT2D eigenvalue weighted by Crippen LogP contribution is -1.91. The van der Waals surface area contributed by atoms with Crippen LogP contribution in [0.3, 0.4) is 0 Å². The summed E-state index contributed by atoms with van der Waals surface area (Å²) in [4.78, 5) is 4.03. The van der Waals surface area contributed by atoms with E-state index >= 15 is 0 Å². The van der Waals surface area contributed by atoms with Crippen molar-refractivity contribution in [2.24, 2.45) is 4.99 Å². The normalized spacial score (nSPS) is 11.5. The van der Waals surface area contributed by atoms with Crippen LogP contribution in [0, 0.1) is 5.41 Å². The second kappa shape index (κ2) is 4.50. The summed E-state index contributed by atoms with van der Waals surface area (Å²) in [6.07, 6.45) is 2.33. The summed E-state index contributed by atoms with van der Waals surface area (Å²) in [5.41, 5.74) is 0.812. The summed E-state index contributed by atoms with van der Waals surface area (Å²) < 4.78 is 0. The summed E-state index contributed by atoms with van der Waals surface area (Å²) >= 11 is 0. The Balaban J connectivity index is 3.40. The monoisotopic (exact) mass is 112 g/mol. The van der Waals surface area contributed by atoms with Crippen LogP contribution in [0.2, 0.25) is 0 Å². The van der Waals surface area contributed by atoms with Gasteiger partial charge in [-0.15, -0.1) is 0 Å². The maximum absolute atomic E-state index is 6.73. The molecule has 0 aromatic rings. The third-order valence-electron chi connectivity index (χ3n) is 0.794. The maximum Gasteiger partial charge on any atom is 0.0492 e. The summed E-state index contributed by atoms with van der Waals surface area (Å²) in [5, 5.41) is 6.73. The van der Waals surface area contributed by atoms with Gasteiger partial charge in [0.25, 0.3) is 0 Å². The van der Waals surface area contributed by atoms with E-state index in [2.05, 4.69) is 11.9 Å². The Bertz CT molecular complexity index is 94.7. The SMILES string of the molecule is CCCN=C(C)C=N. The minimum atomic E-state index is 0.812. The van der Waals surface area contributed by atoms with Gasteiger partial charge in [0.15, 0.2) is 0 Å². The average molecular weight is 112 g/mol. The molecule has 0 heterocycles. The molecule has 0 atom stereocenters. The predicted molar refractivity (Wildman–Crippen MR) is 37.1 cm³/mol. The van der Waals surface area contributed by atoms with Gasteiger partial charge in [0.1, 0.15) is 0 Å². The Kier molecular flexibility index (Phi) is 4.13. The van der Waals surface area contributed by atoms with Gasteiger partial charge in [0.2, 0.25) is 0 Å². The second-order valence-corrected chi connectivity index (χ2v) is 1.67. The van der Waals surface area contributed by atoms with Gasteiger partial charge >= 0.3 is 0 Å². The first-order valence-corrected chi connectivity index (χ1v) is 2.82. The highest BCUT2D eigenvalue weighted by molar-refractivity contribution is 6.28. The van der Waals surface area contributed by atoms with Gasteiger partial charge < -0.3 is 5.41 Å². The van der Waals surface area contributed by atoms with Crippen LogP contribution in [-0.2, 0) is 0 Å². The van der Waals surface area contributed by atoms with Crippen molar-refractivity contribution in [1.82, 2.24) is 0 Å². The molecule has 1 N–H and O–H groups in total. The molecule has 0 bridgehead atoms. The number of nitrogens with one attached hydrogen (secondary N) is 1. The molecular weight excluding hydrogens is 100 g/mol. The summed E-state index contributed by atoms with van der Waals surface area (Å²) in [6.45, 7) is 4.75. The summed E-state index contributed by atoms with van der Waals surface area (Å²) in [5.74, 6) is 0. The molecule has 0 aliphatic heterocycles. The lowest BCUT2D eigenvalue weighted by atomic mass is 10.4. The molecule has 0 saturated heterocycles. The van der Waals surface area contributed by atoms with E-state index in [0.29, 0.717) is 0 Å². The smallest absolute Gasteiger partial charge is 0.0492 e. The van der Waals surface area contributed by atoms with E-state index in [-0.39, 0.29) is 0 Å². The van der Waals surface area contributed by atoms with Gasteiger partial charge in [-0.3, -0.25) is 4.99 Å². The van der Waals surface area contributed by atoms with Crippen LogP contribution in [0.25, 0.3) is 0 Å². The number of hydrogen-bond donors (Lipinski definition) is 1. The van der Waals surface area contributed by atoms with Crippen LogP contribution in [0.1, 0.15) is 20.3 Å². The minimum absolute atomic E-state index is 0.812. The van der Waals surface area contributed by atoms with Crippen LogP contribution in [-0.4, -0.2) is 18.5 Å². The third-order valence-corrected chi connectivity index (χ3v) is 0.794. The Labute approximate surface area is 50.1 Å². The molecule has 0 aromatic carbocycles. The van der Waals surface area contributed by atoms with Gasteiger partial charge in [-0.25, -0.2) is 0 Å². The van der Waals surface area contributed by atoms with Crippen molar-refractivity contribution in [2.75, 3.05) is 6.54 Å². The van der Waals surface area contributed by atoms with E-state index in [4.69, 9.17) is 5.41 Å². The molecule has 0 radical (unpaired) electrons. The van der Waals surface area contributed by atoms with Crippen LogP contribution in [0.4, 0.5) is 0 Å². The third kappa shape index (κ3) is 3.53. The minimum Gasteiger partial charge on any atom is -0.307 e. The lowest BCUT2D eigenvalue weighted by molar-refractivity contribution is 0.934. The van der Waals surface area contributed by atoms with Crippen LogP contribution in [0.15, 0.2) is 4.99 Å². The van der Waals surface area contributed by atoms with Gasteiger partial charge in [0, 0.05) is 18.5 Å². The second-order valence-electron chi connectivity index (χ2n) is 1.67. The first-order chi connectivity index (χ1) is 3.81. The van der Waals surface area contributed by atoms with E-state index in [1.165, 1.54) is 6.21 Å². The zero-order valence-electron chi connectivity index (χ0n) is 5.44. The highest BCUT2D eigenvalue weighted by atomic mass is 14.7. The molecule has 0 aliphatic rings. The van der Waals surface area contributed by atoms with Gasteiger partial charge in [-0.05, 0) is 13.3 Å². The molecule has 0 rings (SSSR count). The molecule has 0 aliphatic carbocycles. The van der Waals surface area contributed by atoms with Crippen molar-refractivity contribution in [2.45, 2.75) is 20.3 Å². The van der Waals surface area contributed by atoms with Crippen molar-refractivity contribution in [3.8, 4) is 0 Å². The number of hydrogen-bond acceptors (Lipinski definition) is 2. The average Bonchev–Trinajstić information content (AvgIpc) is 1.83. The Morgan fingerprint density at radius 2 is 2.38 bits per heavy atom. The quantitative estimate of drug-likeness (QED) is 0.537. The largest absolute Gasteiger partial charge is 0.307 e. The van der Waals surface area contributed by atoms with Gasteiger partial charge in [0.05, 0.1) is 0 Å². The summed E-state index contributed by atoms with van der Waals surface area (Å²) in [7, 11) is 0. The number of aliphatic imine (C=N–C) groups is 1. The van der Waals surface area contributed by atoms with Crippen molar-refractivity contribution in [1.29, 1.82) is 5.41 Å². The van der Waals surface area contributed by atoms with Crippen molar-refractivity contribution < 1.29 is 0 Å². The zero-order chi connectivity index (χ0) is 6.41. The van der Waals surface area contributed by atoms with E-state index in [1.54, 1.807) is 0 Å². The molecule has 0 aromatic heterocycles. The van der Waals surface area contributed by atoms with Crippen molar-refractivity contribution in [3.05, 3.63) is 0 Å². The first-order valence-electron chi connectivity index (χ1n) is 2.82. The molecule has 46 valence electrons. The Morgan fingerprint density at radius 1 is 1.75 bits per heavy atom. The van der Waals surface area contributed by atoms with Gasteiger partial charge in [-0.1, -0.05) is 6.92 Å². The molecule has 0 amide bonds. The molecule has 0 fully saturated rings. The Hall–Kier alpha value is -0.660. The molecule has 8 heavy (non-hydrogen) atoms. The van der Waals surface area contributed by atoms with Gasteiger partial charge in [-0.2, -0.15) is 0 Å². The van der Waals surface area contributed by atoms with E-state index in [0.717, 1.165) is 18.7 Å². The molecule has 2 heteroatoms. The topological polar surface area (TPSA) is 36.2 Å². The standard InChI is InChI=1S/C6H12N2/c1-3-4-8-6(2)5-7/h5,7H,3-4H2,1-2H3. The van der Waals surface area contributed by atoms with E-state index < -0.39 is 0 Å². The summed E-state index contributed by atoms with van der Waals surface area (Å²) in [6, 6.07) is 0. The highest BCUT2D eigenvalue weighted by Crippen LogP contribution is 1.78. The van der Waals surface area contributed by atoms with Crippen molar-refractivity contribution in [3.63, 3.8) is 0 Å². The highest BCUT2D eigenvalue weighted by Gasteiger charge is 1.78. The Morgan fingerprint density at radius 3 is 2.75 bits per heavy atom. The first kappa shape index (κ1) is 7.34. The lowest BCUT2D eigenvalue weighted by Gasteiger charge is -1.86. The zero-order valence-corrected chi connectivity index (χ0v) is 5.44. The molecular formula is C6H12N2. The fourth-order valence-electron chi connectivity index (χ4n) is 0.334. The van der Waals surface area contributed by atoms with Crippen LogP contribution in [0.5, 0.6) is 0 Å². The molecule has 0 spiro atoms. The van der Waals surface area contributed by atoms with Crippen LogP contribution < -0.4 is 0 Å². The number of nitrogens with zero attached hydrogens (tertiary/aromatic N) is 1. The predicted octanol–water partition coefficient (Wildman–Crippen LogP) is 1.51. The number of rotatable bonds is 3. The fourth-order valence-corrected chi connectivity index (χ4v) is 0.334. The van der Waals surface area contributed by atoms with E-state index in [9.17, 15) is 0 Å². The van der Waals surface area contributed by atoms with E-state index in [1.807, 2.05) is 6.92 Å². The molecule has 2 nitrogen and oxygen atoms in total.